The van der Waals surface area contributed by atoms with Crippen molar-refractivity contribution in [3.63, 3.8) is 0 Å². The molecule has 5 nitrogen and oxygen atoms in total. The van der Waals surface area contributed by atoms with E-state index in [-0.39, 0.29) is 11.9 Å². The number of carbonyl (C=O) groups excluding carboxylic acids is 3. The number of hydrogen-bond acceptors (Lipinski definition) is 3. The molecule has 0 radical (unpaired) electrons. The van der Waals surface area contributed by atoms with Crippen molar-refractivity contribution in [2.75, 3.05) is 0 Å². The van der Waals surface area contributed by atoms with Crippen LogP contribution in [0.15, 0.2) is 0 Å². The summed E-state index contributed by atoms with van der Waals surface area (Å²) in [6.07, 6.45) is 3.58. The second-order valence-electron chi connectivity index (χ2n) is 5.80. The van der Waals surface area contributed by atoms with E-state index in [1.807, 2.05) is 13.8 Å². The summed E-state index contributed by atoms with van der Waals surface area (Å²) in [6.45, 7) is 5.78. The van der Waals surface area contributed by atoms with Crippen LogP contribution in [-0.2, 0) is 9.59 Å². The molecule has 2 rings (SSSR count). The average Bonchev–Trinajstić information content (AvgIpc) is 2.77. The number of nitrogens with one attached hydrogen (secondary N) is 1. The average molecular weight is 266 g/mol. The van der Waals surface area contributed by atoms with E-state index in [1.54, 1.807) is 0 Å². The van der Waals surface area contributed by atoms with Gasteiger partial charge >= 0.3 is 6.03 Å². The maximum absolute atomic E-state index is 12.7. The van der Waals surface area contributed by atoms with E-state index in [2.05, 4.69) is 12.2 Å². The quantitative estimate of drug-likeness (QED) is 0.795. The number of carbonyl (C=O) groups is 3. The fourth-order valence-corrected chi connectivity index (χ4v) is 3.31. The minimum atomic E-state index is -1.06. The van der Waals surface area contributed by atoms with Gasteiger partial charge in [-0.25, -0.2) is 4.79 Å². The number of nitrogens with zero attached hydrogens (tertiary/aromatic N) is 1. The summed E-state index contributed by atoms with van der Waals surface area (Å²) in [5.74, 6) is -0.207. The Morgan fingerprint density at radius 1 is 1.21 bits per heavy atom. The molecule has 0 aromatic rings. The Morgan fingerprint density at radius 3 is 2.32 bits per heavy atom. The summed E-state index contributed by atoms with van der Waals surface area (Å²) < 4.78 is 0. The van der Waals surface area contributed by atoms with Gasteiger partial charge in [-0.05, 0) is 38.0 Å². The van der Waals surface area contributed by atoms with E-state index in [0.29, 0.717) is 18.8 Å². The Hall–Kier alpha value is -1.39. The molecular weight excluding hydrogens is 244 g/mol. The van der Waals surface area contributed by atoms with Crippen LogP contribution in [0, 0.1) is 11.3 Å². The van der Waals surface area contributed by atoms with E-state index < -0.39 is 17.4 Å². The highest BCUT2D eigenvalue weighted by Gasteiger charge is 2.53. The van der Waals surface area contributed by atoms with E-state index in [0.717, 1.165) is 19.3 Å². The molecule has 0 aromatic heterocycles. The molecule has 4 amide bonds. The lowest BCUT2D eigenvalue weighted by Gasteiger charge is -2.40. The summed E-state index contributed by atoms with van der Waals surface area (Å²) in [6, 6.07) is -0.584. The maximum atomic E-state index is 12.7. The minimum Gasteiger partial charge on any atom is -0.277 e. The zero-order valence-electron chi connectivity index (χ0n) is 11.9. The number of imide groups is 2. The number of hydrogen-bond donors (Lipinski definition) is 1. The Bertz CT molecular complexity index is 415. The molecule has 5 heteroatoms. The van der Waals surface area contributed by atoms with Crippen LogP contribution in [0.5, 0.6) is 0 Å². The highest BCUT2D eigenvalue weighted by Crippen LogP contribution is 2.37. The molecule has 106 valence electrons. The summed E-state index contributed by atoms with van der Waals surface area (Å²) >= 11 is 0. The fraction of sp³-hybridized carbons (Fsp3) is 0.786. The van der Waals surface area contributed by atoms with Gasteiger partial charge in [0.2, 0.25) is 11.8 Å². The molecule has 2 unspecified atom stereocenters. The van der Waals surface area contributed by atoms with E-state index in [9.17, 15) is 14.4 Å². The first-order chi connectivity index (χ1) is 8.96. The second kappa shape index (κ2) is 4.94. The van der Waals surface area contributed by atoms with Crippen molar-refractivity contribution < 1.29 is 14.4 Å². The molecule has 2 fully saturated rings. The predicted octanol–water partition coefficient (Wildman–Crippen LogP) is 2.06. The van der Waals surface area contributed by atoms with Crippen LogP contribution in [0.2, 0.25) is 0 Å². The molecule has 2 atom stereocenters. The predicted molar refractivity (Wildman–Crippen MR) is 70.2 cm³/mol. The Kier molecular flexibility index (Phi) is 3.65. The first kappa shape index (κ1) is 14.0. The molecule has 19 heavy (non-hydrogen) atoms. The molecular formula is C14H22N2O3. The van der Waals surface area contributed by atoms with Crippen molar-refractivity contribution in [1.29, 1.82) is 0 Å². The number of rotatable bonds is 3. The highest BCUT2D eigenvalue weighted by molar-refractivity contribution is 6.19. The maximum Gasteiger partial charge on any atom is 0.331 e. The van der Waals surface area contributed by atoms with Gasteiger partial charge in [-0.15, -0.1) is 0 Å². The van der Waals surface area contributed by atoms with Crippen LogP contribution in [0.4, 0.5) is 4.79 Å². The molecule has 0 aromatic carbocycles. The third kappa shape index (κ3) is 2.05. The first-order valence-corrected chi connectivity index (χ1v) is 7.15. The van der Waals surface area contributed by atoms with Crippen LogP contribution in [0.3, 0.4) is 0 Å². The van der Waals surface area contributed by atoms with Crippen molar-refractivity contribution in [2.45, 2.75) is 58.9 Å². The Balaban J connectivity index is 2.31. The smallest absolute Gasteiger partial charge is 0.277 e. The lowest BCUT2D eigenvalue weighted by molar-refractivity contribution is -0.153. The molecule has 1 saturated carbocycles. The van der Waals surface area contributed by atoms with Crippen molar-refractivity contribution in [3.05, 3.63) is 0 Å². The molecule has 1 heterocycles. The van der Waals surface area contributed by atoms with Crippen molar-refractivity contribution in [2.24, 2.45) is 11.3 Å². The molecule has 1 aliphatic heterocycles. The van der Waals surface area contributed by atoms with Crippen LogP contribution >= 0.6 is 0 Å². The third-order valence-corrected chi connectivity index (χ3v) is 4.74. The number of barbiturate groups is 1. The van der Waals surface area contributed by atoms with Gasteiger partial charge in [0.15, 0.2) is 0 Å². The second-order valence-corrected chi connectivity index (χ2v) is 5.80. The minimum absolute atomic E-state index is 0.0481. The standard InChI is InChI=1S/C14H22N2O3/c1-4-14(5-2)11(17)15-13(19)16(12(14)18)10-7-6-9(3)8-10/h9-10H,4-8H2,1-3H3,(H,15,17,19). The van der Waals surface area contributed by atoms with Gasteiger partial charge in [-0.2, -0.15) is 0 Å². The van der Waals surface area contributed by atoms with Gasteiger partial charge in [0.1, 0.15) is 5.41 Å². The van der Waals surface area contributed by atoms with Crippen molar-refractivity contribution in [3.8, 4) is 0 Å². The van der Waals surface area contributed by atoms with Gasteiger partial charge in [0, 0.05) is 6.04 Å². The molecule has 0 bridgehead atoms. The normalized spacial score (nSPS) is 30.7. The van der Waals surface area contributed by atoms with Crippen LogP contribution in [0.25, 0.3) is 0 Å². The molecule has 2 aliphatic rings. The lowest BCUT2D eigenvalue weighted by atomic mass is 9.78. The Morgan fingerprint density at radius 2 is 1.84 bits per heavy atom. The molecule has 1 aliphatic carbocycles. The van der Waals surface area contributed by atoms with E-state index >= 15 is 0 Å². The monoisotopic (exact) mass is 266 g/mol. The molecule has 1 N–H and O–H groups in total. The van der Waals surface area contributed by atoms with Crippen LogP contribution in [0.1, 0.15) is 52.9 Å². The van der Waals surface area contributed by atoms with Gasteiger partial charge in [-0.1, -0.05) is 20.8 Å². The van der Waals surface area contributed by atoms with Gasteiger partial charge in [0.05, 0.1) is 0 Å². The van der Waals surface area contributed by atoms with Crippen molar-refractivity contribution in [1.82, 2.24) is 10.2 Å². The SMILES string of the molecule is CCC1(CC)C(=O)NC(=O)N(C2CCC(C)C2)C1=O. The topological polar surface area (TPSA) is 66.5 Å². The van der Waals surface area contributed by atoms with E-state index in [1.165, 1.54) is 4.90 Å². The number of urea groups is 1. The molecule has 1 saturated heterocycles. The largest absolute Gasteiger partial charge is 0.331 e. The summed E-state index contributed by atoms with van der Waals surface area (Å²) in [7, 11) is 0. The van der Waals surface area contributed by atoms with Gasteiger partial charge < -0.3 is 0 Å². The first-order valence-electron chi connectivity index (χ1n) is 7.15. The number of amides is 4. The highest BCUT2D eigenvalue weighted by atomic mass is 16.2. The van der Waals surface area contributed by atoms with Crippen LogP contribution in [-0.4, -0.2) is 28.8 Å². The van der Waals surface area contributed by atoms with Crippen LogP contribution < -0.4 is 5.32 Å². The summed E-state index contributed by atoms with van der Waals surface area (Å²) in [5.41, 5.74) is -1.06. The lowest BCUT2D eigenvalue weighted by Crippen LogP contribution is -2.65. The van der Waals surface area contributed by atoms with Crippen molar-refractivity contribution >= 4 is 17.8 Å². The van der Waals surface area contributed by atoms with Gasteiger partial charge in [-0.3, -0.25) is 19.8 Å². The van der Waals surface area contributed by atoms with Gasteiger partial charge in [0.25, 0.3) is 0 Å². The fourth-order valence-electron chi connectivity index (χ4n) is 3.31. The zero-order chi connectivity index (χ0) is 14.2. The molecule has 0 spiro atoms. The van der Waals surface area contributed by atoms with E-state index in [4.69, 9.17) is 0 Å². The summed E-state index contributed by atoms with van der Waals surface area (Å²) in [5, 5.41) is 2.37. The Labute approximate surface area is 113 Å². The zero-order valence-corrected chi connectivity index (χ0v) is 11.9. The third-order valence-electron chi connectivity index (χ3n) is 4.74. The summed E-state index contributed by atoms with van der Waals surface area (Å²) in [4.78, 5) is 38.0.